The molecule has 0 spiro atoms. The van der Waals surface area contributed by atoms with Gasteiger partial charge in [0, 0.05) is 25.3 Å². The highest BCUT2D eigenvalue weighted by molar-refractivity contribution is 5.95. The molecule has 4 saturated heterocycles. The zero-order chi connectivity index (χ0) is 52.7. The Morgan fingerprint density at radius 3 is 1.22 bits per heavy atom. The van der Waals surface area contributed by atoms with Gasteiger partial charge in [0.2, 0.25) is 35.4 Å². The maximum atomic E-state index is 14.0. The quantitative estimate of drug-likeness (QED) is 0.0478. The summed E-state index contributed by atoms with van der Waals surface area (Å²) in [7, 11) is 3.44. The largest absolute Gasteiger partial charge is 0.379 e. The number of unbranched alkanes of at least 4 members (excludes halogenated alkanes) is 9. The van der Waals surface area contributed by atoms with Crippen LogP contribution in [0.15, 0.2) is 60.7 Å². The average Bonchev–Trinajstić information content (AvgIpc) is 4.04. The molecule has 6 rings (SSSR count). The highest BCUT2D eigenvalue weighted by atomic mass is 16.5. The summed E-state index contributed by atoms with van der Waals surface area (Å²) in [5, 5.41) is 18.3. The Hall–Kier alpha value is -4.90. The Kier molecular flexibility index (Phi) is 24.6. The molecule has 4 heterocycles. The van der Waals surface area contributed by atoms with E-state index in [-0.39, 0.29) is 59.6 Å². The number of amides is 6. The third-order valence-corrected chi connectivity index (χ3v) is 16.0. The Bertz CT molecular complexity index is 1900. The van der Waals surface area contributed by atoms with Crippen LogP contribution in [0.3, 0.4) is 0 Å². The molecule has 0 aromatic heterocycles. The average molecular weight is 1030 g/mol. The third-order valence-electron chi connectivity index (χ3n) is 16.0. The Morgan fingerprint density at radius 2 is 0.851 bits per heavy atom. The summed E-state index contributed by atoms with van der Waals surface area (Å²) in [4.78, 5) is 85.0. The fourth-order valence-corrected chi connectivity index (χ4v) is 11.3. The molecule has 16 nitrogen and oxygen atoms in total. The molecule has 6 amide bonds. The van der Waals surface area contributed by atoms with Crippen LogP contribution in [-0.2, 0) is 38.2 Å². The van der Waals surface area contributed by atoms with E-state index in [0.29, 0.717) is 52.1 Å². The molecule has 1 unspecified atom stereocenters. The van der Waals surface area contributed by atoms with Crippen LogP contribution < -0.4 is 31.9 Å². The number of hydrogen-bond acceptors (Lipinski definition) is 10. The minimum absolute atomic E-state index is 0.00458. The van der Waals surface area contributed by atoms with Crippen molar-refractivity contribution in [2.75, 3.05) is 40.5 Å². The fraction of sp³-hybridized carbons (Fsp3) is 0.690. The van der Waals surface area contributed by atoms with Gasteiger partial charge in [0.05, 0.1) is 37.4 Å². The zero-order valence-corrected chi connectivity index (χ0v) is 45.1. The van der Waals surface area contributed by atoms with Crippen molar-refractivity contribution in [1.29, 1.82) is 0 Å². The molecule has 0 saturated carbocycles. The number of hydrogen-bond donors (Lipinski definition) is 6. The Balaban J connectivity index is 0.842. The monoisotopic (exact) mass is 1030 g/mol. The van der Waals surface area contributed by atoms with Gasteiger partial charge >= 0.3 is 0 Å². The first-order chi connectivity index (χ1) is 36.0. The van der Waals surface area contributed by atoms with E-state index in [4.69, 9.17) is 9.47 Å². The first-order valence-electron chi connectivity index (χ1n) is 28.5. The number of rotatable bonds is 29. The van der Waals surface area contributed by atoms with Crippen molar-refractivity contribution in [3.05, 3.63) is 71.8 Å². The first kappa shape index (κ1) is 58.4. The second-order valence-electron chi connectivity index (χ2n) is 21.3. The van der Waals surface area contributed by atoms with Crippen molar-refractivity contribution < 1.29 is 38.2 Å². The lowest BCUT2D eigenvalue weighted by atomic mass is 9.98. The molecule has 10 atom stereocenters. The van der Waals surface area contributed by atoms with Crippen LogP contribution in [0.2, 0.25) is 0 Å². The Labute approximate surface area is 441 Å². The fourth-order valence-electron chi connectivity index (χ4n) is 11.3. The van der Waals surface area contributed by atoms with Gasteiger partial charge in [-0.1, -0.05) is 138 Å². The second-order valence-corrected chi connectivity index (χ2v) is 21.3. The summed E-state index contributed by atoms with van der Waals surface area (Å²) in [5.74, 6) is -1.08. The molecule has 0 radical (unpaired) electrons. The lowest BCUT2D eigenvalue weighted by Gasteiger charge is -2.36. The molecule has 2 aromatic rings. The van der Waals surface area contributed by atoms with Gasteiger partial charge in [-0.3, -0.25) is 28.8 Å². The number of carbonyl (C=O) groups excluding carboxylic acids is 6. The van der Waals surface area contributed by atoms with Gasteiger partial charge in [-0.15, -0.1) is 0 Å². The van der Waals surface area contributed by atoms with E-state index in [1.807, 2.05) is 60.7 Å². The smallest absolute Gasteiger partial charge is 0.246 e. The van der Waals surface area contributed by atoms with Crippen molar-refractivity contribution >= 4 is 35.4 Å². The maximum absolute atomic E-state index is 14.0. The van der Waals surface area contributed by atoms with Crippen LogP contribution in [-0.4, -0.2) is 134 Å². The normalized spacial score (nSPS) is 23.7. The Morgan fingerprint density at radius 1 is 0.500 bits per heavy atom. The van der Waals surface area contributed by atoms with Crippen molar-refractivity contribution in [3.63, 3.8) is 0 Å². The molecular formula is C58H90N8O8. The number of ether oxygens (including phenoxy) is 2. The van der Waals surface area contributed by atoms with E-state index >= 15 is 0 Å². The van der Waals surface area contributed by atoms with E-state index in [1.165, 1.54) is 25.7 Å². The van der Waals surface area contributed by atoms with Gasteiger partial charge in [0.1, 0.15) is 24.2 Å². The van der Waals surface area contributed by atoms with Crippen LogP contribution in [0.4, 0.5) is 0 Å². The number of carbonyl (C=O) groups is 6. The third kappa shape index (κ3) is 17.3. The zero-order valence-electron chi connectivity index (χ0n) is 45.1. The van der Waals surface area contributed by atoms with Gasteiger partial charge in [-0.25, -0.2) is 0 Å². The summed E-state index contributed by atoms with van der Waals surface area (Å²) in [6, 6.07) is 15.8. The molecule has 410 valence electrons. The molecule has 16 heteroatoms. The highest BCUT2D eigenvalue weighted by Crippen LogP contribution is 2.34. The van der Waals surface area contributed by atoms with Crippen LogP contribution in [0.1, 0.15) is 178 Å². The summed E-state index contributed by atoms with van der Waals surface area (Å²) in [6.07, 6.45) is 20.4. The SMILES string of the molecule is CN[C@@H](C)C(=O)N[C@H]1CCCC[C@H]2CCC(C(=O)N[C@H](COCCCCCCCCCCCCOC[C@@H](NC(=O)[C@@H]3CC[C@@H]4CCCC[C@H](NC(=O)[C@H](C)NC)C(=O)N43)c3ccccc3)c3ccccc3)N2C1=O. The van der Waals surface area contributed by atoms with Crippen LogP contribution in [0.5, 0.6) is 0 Å². The number of nitrogens with zero attached hydrogens (tertiary/aromatic N) is 2. The minimum atomic E-state index is -0.639. The predicted octanol–water partition coefficient (Wildman–Crippen LogP) is 6.69. The molecule has 4 aliphatic heterocycles. The van der Waals surface area contributed by atoms with Crippen molar-refractivity contribution in [3.8, 4) is 0 Å². The molecule has 6 N–H and O–H groups in total. The molecule has 0 bridgehead atoms. The van der Waals surface area contributed by atoms with E-state index in [1.54, 1.807) is 37.7 Å². The topological polar surface area (TPSA) is 200 Å². The molecule has 4 fully saturated rings. The molecular weight excluding hydrogens is 937 g/mol. The van der Waals surface area contributed by atoms with Crippen molar-refractivity contribution in [1.82, 2.24) is 41.7 Å². The van der Waals surface area contributed by atoms with Crippen LogP contribution in [0.25, 0.3) is 0 Å². The van der Waals surface area contributed by atoms with Gasteiger partial charge in [0.15, 0.2) is 0 Å². The van der Waals surface area contributed by atoms with Crippen LogP contribution >= 0.6 is 0 Å². The lowest BCUT2D eigenvalue weighted by molar-refractivity contribution is -0.144. The number of likely N-dealkylation sites (N-methyl/N-ethyl adjacent to an activating group) is 2. The predicted molar refractivity (Wildman–Crippen MR) is 288 cm³/mol. The number of nitrogens with one attached hydrogen (secondary N) is 6. The van der Waals surface area contributed by atoms with Gasteiger partial charge < -0.3 is 51.2 Å². The molecule has 0 aliphatic carbocycles. The molecule has 2 aromatic carbocycles. The summed E-state index contributed by atoms with van der Waals surface area (Å²) >= 11 is 0. The molecule has 74 heavy (non-hydrogen) atoms. The van der Waals surface area contributed by atoms with Crippen molar-refractivity contribution in [2.24, 2.45) is 0 Å². The number of fused-ring (bicyclic) bond motifs is 2. The van der Waals surface area contributed by atoms with E-state index in [0.717, 1.165) is 101 Å². The summed E-state index contributed by atoms with van der Waals surface area (Å²) in [6.45, 7) is 5.46. The summed E-state index contributed by atoms with van der Waals surface area (Å²) < 4.78 is 12.4. The van der Waals surface area contributed by atoms with Crippen LogP contribution in [0, 0.1) is 0 Å². The van der Waals surface area contributed by atoms with Crippen molar-refractivity contribution in [2.45, 2.75) is 216 Å². The van der Waals surface area contributed by atoms with Gasteiger partial charge in [0.25, 0.3) is 0 Å². The first-order valence-corrected chi connectivity index (χ1v) is 28.5. The molecule has 4 aliphatic rings. The van der Waals surface area contributed by atoms with E-state index in [2.05, 4.69) is 31.9 Å². The lowest BCUT2D eigenvalue weighted by Crippen LogP contribution is -2.58. The van der Waals surface area contributed by atoms with E-state index < -0.39 is 36.3 Å². The number of benzene rings is 2. The highest BCUT2D eigenvalue weighted by Gasteiger charge is 2.46. The second kappa shape index (κ2) is 31.2. The van der Waals surface area contributed by atoms with Gasteiger partial charge in [-0.2, -0.15) is 0 Å². The van der Waals surface area contributed by atoms with Gasteiger partial charge in [-0.05, 0) is 103 Å². The minimum Gasteiger partial charge on any atom is -0.379 e. The summed E-state index contributed by atoms with van der Waals surface area (Å²) in [5.41, 5.74) is 1.93. The standard InChI is InChI=1S/C58H90N8O8/c1-41(59-3)53(67)61-47-31-21-19-29-45-33-35-51(65(45)57(47)71)55(69)63-49(43-25-15-13-16-26-43)39-73-37-23-11-9-7-5-6-8-10-12-24-38-74-40-50(44-27-17-14-18-28-44)64-56(70)52-36-34-46-30-20-22-32-48(58(72)66(46)52)62-54(68)42(2)60-4/h13-18,25-28,41-42,45-52,59-60H,5-12,19-24,29-40H2,1-4H3,(H,61,67)(H,62,68)(H,63,69)(H,64,70)/t41-,42-,45-,46-,47-,48-,49+,50+,51-,52?/m0/s1. The maximum Gasteiger partial charge on any atom is 0.246 e. The van der Waals surface area contributed by atoms with E-state index in [9.17, 15) is 28.8 Å².